The van der Waals surface area contributed by atoms with Crippen molar-refractivity contribution in [3.8, 4) is 0 Å². The minimum atomic E-state index is 0.0364. The van der Waals surface area contributed by atoms with E-state index in [-0.39, 0.29) is 5.91 Å². The summed E-state index contributed by atoms with van der Waals surface area (Å²) in [5.74, 6) is 0.691. The highest BCUT2D eigenvalue weighted by Gasteiger charge is 2.29. The topological polar surface area (TPSA) is 33.2 Å². The molecule has 0 N–H and O–H groups in total. The molecule has 0 unspecified atom stereocenters. The Labute approximate surface area is 102 Å². The molecule has 0 radical (unpaired) electrons. The van der Waals surface area contributed by atoms with Crippen molar-refractivity contribution in [3.05, 3.63) is 16.6 Å². The predicted molar refractivity (Wildman–Crippen MR) is 64.5 cm³/mol. The Morgan fingerprint density at radius 1 is 1.73 bits per heavy atom. The Morgan fingerprint density at radius 3 is 3.00 bits per heavy atom. The van der Waals surface area contributed by atoms with Crippen molar-refractivity contribution in [2.45, 2.75) is 17.7 Å². The Morgan fingerprint density at radius 2 is 2.47 bits per heavy atom. The van der Waals surface area contributed by atoms with Gasteiger partial charge in [0, 0.05) is 23.8 Å². The monoisotopic (exact) mass is 288 g/mol. The quantitative estimate of drug-likeness (QED) is 0.800. The van der Waals surface area contributed by atoms with Crippen molar-refractivity contribution in [2.24, 2.45) is 5.92 Å². The smallest absolute Gasteiger partial charge is 0.273 e. The average Bonchev–Trinajstić information content (AvgIpc) is 2.66. The van der Waals surface area contributed by atoms with Gasteiger partial charge in [-0.2, -0.15) is 0 Å². The Bertz CT molecular complexity index is 335. The van der Waals surface area contributed by atoms with E-state index in [4.69, 9.17) is 0 Å². The normalized spacial score (nSPS) is 24.7. The summed E-state index contributed by atoms with van der Waals surface area (Å²) in [6.07, 6.45) is 2.35. The Hall–Kier alpha value is -0.420. The van der Waals surface area contributed by atoms with Crippen LogP contribution >= 0.6 is 27.3 Å². The third-order valence-electron chi connectivity index (χ3n) is 2.71. The molecule has 15 heavy (non-hydrogen) atoms. The third kappa shape index (κ3) is 2.58. The Kier molecular flexibility index (Phi) is 3.41. The maximum absolute atomic E-state index is 11.8. The van der Waals surface area contributed by atoms with E-state index in [0.29, 0.717) is 16.4 Å². The van der Waals surface area contributed by atoms with E-state index in [2.05, 4.69) is 20.9 Å². The first-order valence-corrected chi connectivity index (χ1v) is 6.80. The van der Waals surface area contributed by atoms with Gasteiger partial charge in [0.25, 0.3) is 5.91 Å². The predicted octanol–water partition coefficient (Wildman–Crippen LogP) is 2.39. The van der Waals surface area contributed by atoms with Crippen molar-refractivity contribution in [1.82, 2.24) is 9.88 Å². The Balaban J connectivity index is 1.86. The van der Waals surface area contributed by atoms with Crippen molar-refractivity contribution in [1.29, 1.82) is 0 Å². The molecule has 5 heteroatoms. The van der Waals surface area contributed by atoms with Crippen molar-refractivity contribution in [3.63, 3.8) is 0 Å². The fourth-order valence-corrected chi connectivity index (χ4v) is 3.37. The van der Waals surface area contributed by atoms with Crippen molar-refractivity contribution in [2.75, 3.05) is 13.6 Å². The lowest BCUT2D eigenvalue weighted by Crippen LogP contribution is -2.37. The zero-order chi connectivity index (χ0) is 10.8. The first-order valence-electron chi connectivity index (χ1n) is 4.94. The van der Waals surface area contributed by atoms with E-state index in [1.54, 1.807) is 15.8 Å². The molecular weight excluding hydrogens is 276 g/mol. The van der Waals surface area contributed by atoms with Gasteiger partial charge in [0.15, 0.2) is 0 Å². The summed E-state index contributed by atoms with van der Waals surface area (Å²) in [4.78, 5) is 18.3. The fraction of sp³-hybridized carbons (Fsp3) is 0.600. The highest BCUT2D eigenvalue weighted by Crippen LogP contribution is 2.33. The molecular formula is C10H13BrN2OS. The van der Waals surface area contributed by atoms with Crippen LogP contribution in [0.2, 0.25) is 0 Å². The molecule has 0 spiro atoms. The number of thiazole rings is 1. The molecule has 0 saturated heterocycles. The largest absolute Gasteiger partial charge is 0.340 e. The molecule has 1 saturated carbocycles. The van der Waals surface area contributed by atoms with Crippen LogP contribution in [0.4, 0.5) is 0 Å². The van der Waals surface area contributed by atoms with Crippen LogP contribution in [0.3, 0.4) is 0 Å². The van der Waals surface area contributed by atoms with Crippen LogP contribution < -0.4 is 0 Å². The summed E-state index contributed by atoms with van der Waals surface area (Å²) >= 11 is 5.01. The van der Waals surface area contributed by atoms with Crippen LogP contribution in [-0.2, 0) is 0 Å². The van der Waals surface area contributed by atoms with E-state index in [0.717, 1.165) is 6.54 Å². The van der Waals surface area contributed by atoms with Gasteiger partial charge in [0.2, 0.25) is 0 Å². The lowest BCUT2D eigenvalue weighted by atomic mass is 9.85. The van der Waals surface area contributed by atoms with Gasteiger partial charge in [0.05, 0.1) is 5.51 Å². The fourth-order valence-electron chi connectivity index (χ4n) is 1.79. The second-order valence-electron chi connectivity index (χ2n) is 3.99. The van der Waals surface area contributed by atoms with E-state index < -0.39 is 0 Å². The molecule has 1 fully saturated rings. The number of hydrogen-bond donors (Lipinski definition) is 0. The molecule has 1 aliphatic carbocycles. The molecule has 0 aliphatic heterocycles. The summed E-state index contributed by atoms with van der Waals surface area (Å²) in [5, 5.41) is 1.80. The van der Waals surface area contributed by atoms with Gasteiger partial charge in [-0.3, -0.25) is 4.79 Å². The molecule has 1 aromatic rings. The van der Waals surface area contributed by atoms with Crippen LogP contribution in [0.25, 0.3) is 0 Å². The number of carbonyl (C=O) groups excluding carboxylic acids is 1. The molecule has 1 aromatic heterocycles. The molecule has 1 heterocycles. The lowest BCUT2D eigenvalue weighted by molar-refractivity contribution is 0.0744. The summed E-state index contributed by atoms with van der Waals surface area (Å²) in [6.45, 7) is 0.846. The zero-order valence-electron chi connectivity index (χ0n) is 8.52. The van der Waals surface area contributed by atoms with Gasteiger partial charge < -0.3 is 4.90 Å². The first kappa shape index (κ1) is 11.1. The summed E-state index contributed by atoms with van der Waals surface area (Å²) in [6, 6.07) is 0. The molecule has 0 atom stereocenters. The van der Waals surface area contributed by atoms with Gasteiger partial charge in [-0.05, 0) is 18.8 Å². The van der Waals surface area contributed by atoms with Gasteiger partial charge in [0.1, 0.15) is 5.69 Å². The molecule has 0 bridgehead atoms. The second kappa shape index (κ2) is 4.61. The lowest BCUT2D eigenvalue weighted by Gasteiger charge is -2.34. The van der Waals surface area contributed by atoms with Crippen LogP contribution in [0.5, 0.6) is 0 Å². The standard InChI is InChI=1S/C10H13BrN2OS/c1-13(4-7-2-8(11)3-7)10(14)9-5-15-6-12-9/h5-8H,2-4H2,1H3. The SMILES string of the molecule is CN(CC1CC(Br)C1)C(=O)c1cscn1. The van der Waals surface area contributed by atoms with Crippen LogP contribution in [0.15, 0.2) is 10.9 Å². The zero-order valence-corrected chi connectivity index (χ0v) is 10.9. The minimum absolute atomic E-state index is 0.0364. The number of aromatic nitrogens is 1. The van der Waals surface area contributed by atoms with Crippen LogP contribution in [0, 0.1) is 5.92 Å². The second-order valence-corrected chi connectivity index (χ2v) is 6.01. The van der Waals surface area contributed by atoms with Crippen molar-refractivity contribution < 1.29 is 4.79 Å². The molecule has 3 nitrogen and oxygen atoms in total. The summed E-state index contributed by atoms with van der Waals surface area (Å²) in [5.41, 5.74) is 2.26. The number of hydrogen-bond acceptors (Lipinski definition) is 3. The van der Waals surface area contributed by atoms with Gasteiger partial charge in [-0.25, -0.2) is 4.98 Å². The number of alkyl halides is 1. The van der Waals surface area contributed by atoms with E-state index in [1.165, 1.54) is 24.2 Å². The number of amides is 1. The van der Waals surface area contributed by atoms with Crippen LogP contribution in [0.1, 0.15) is 23.3 Å². The van der Waals surface area contributed by atoms with Gasteiger partial charge in [-0.1, -0.05) is 15.9 Å². The number of rotatable bonds is 3. The van der Waals surface area contributed by atoms with E-state index in [9.17, 15) is 4.79 Å². The molecule has 1 aliphatic rings. The first-order chi connectivity index (χ1) is 7.16. The molecule has 1 amide bonds. The number of nitrogens with zero attached hydrogens (tertiary/aromatic N) is 2. The van der Waals surface area contributed by atoms with Crippen LogP contribution in [-0.4, -0.2) is 34.2 Å². The van der Waals surface area contributed by atoms with E-state index in [1.807, 2.05) is 7.05 Å². The van der Waals surface area contributed by atoms with Gasteiger partial charge in [-0.15, -0.1) is 11.3 Å². The number of carbonyl (C=O) groups is 1. The highest BCUT2D eigenvalue weighted by molar-refractivity contribution is 9.09. The minimum Gasteiger partial charge on any atom is -0.340 e. The summed E-state index contributed by atoms with van der Waals surface area (Å²) < 4.78 is 0. The molecule has 82 valence electrons. The van der Waals surface area contributed by atoms with Crippen molar-refractivity contribution >= 4 is 33.2 Å². The maximum Gasteiger partial charge on any atom is 0.273 e. The number of halogens is 1. The maximum atomic E-state index is 11.8. The third-order valence-corrected chi connectivity index (χ3v) is 4.04. The summed E-state index contributed by atoms with van der Waals surface area (Å²) in [7, 11) is 1.85. The van der Waals surface area contributed by atoms with E-state index >= 15 is 0 Å². The molecule has 0 aromatic carbocycles. The van der Waals surface area contributed by atoms with Gasteiger partial charge >= 0.3 is 0 Å². The highest BCUT2D eigenvalue weighted by atomic mass is 79.9. The average molecular weight is 289 g/mol. The molecule has 2 rings (SSSR count).